The van der Waals surface area contributed by atoms with Crippen molar-refractivity contribution in [3.05, 3.63) is 64.8 Å². The minimum absolute atomic E-state index is 0.691. The summed E-state index contributed by atoms with van der Waals surface area (Å²) in [6, 6.07) is 16.4. The summed E-state index contributed by atoms with van der Waals surface area (Å²) < 4.78 is 0. The minimum atomic E-state index is 0.691. The molecule has 96 valence electrons. The second kappa shape index (κ2) is 4.98. The molecule has 2 N–H and O–H groups in total. The Labute approximate surface area is 117 Å². The molecule has 0 aliphatic rings. The Hall–Kier alpha value is -1.93. The number of anilines is 1. The molecule has 0 radical (unpaired) electrons. The lowest BCUT2D eigenvalue weighted by atomic mass is 10.2. The van der Waals surface area contributed by atoms with Gasteiger partial charge in [-0.1, -0.05) is 47.5 Å². The maximum absolute atomic E-state index is 6.38. The minimum Gasteiger partial charge on any atom is -0.379 e. The largest absolute Gasteiger partial charge is 0.379 e. The van der Waals surface area contributed by atoms with E-state index in [1.807, 2.05) is 24.3 Å². The third-order valence-corrected chi connectivity index (χ3v) is 3.67. The topological polar surface area (TPSA) is 27.8 Å². The van der Waals surface area contributed by atoms with Crippen molar-refractivity contribution in [2.75, 3.05) is 5.32 Å². The maximum atomic E-state index is 6.38. The molecule has 2 nitrogen and oxygen atoms in total. The molecule has 0 atom stereocenters. The second-order valence-electron chi connectivity index (χ2n) is 4.68. The van der Waals surface area contributed by atoms with Gasteiger partial charge >= 0.3 is 0 Å². The molecular formula is C16H15ClN2. The Kier molecular flexibility index (Phi) is 3.18. The Morgan fingerprint density at radius 3 is 2.53 bits per heavy atom. The highest BCUT2D eigenvalue weighted by Crippen LogP contribution is 2.27. The fraction of sp³-hybridized carbons (Fsp3) is 0.125. The summed E-state index contributed by atoms with van der Waals surface area (Å²) in [5, 5.41) is 5.25. The number of nitrogens with one attached hydrogen (secondary N) is 2. The summed E-state index contributed by atoms with van der Waals surface area (Å²) in [7, 11) is 0. The molecule has 3 heteroatoms. The van der Waals surface area contributed by atoms with Crippen LogP contribution in [0.1, 0.15) is 11.3 Å². The van der Waals surface area contributed by atoms with Crippen molar-refractivity contribution in [3.8, 4) is 0 Å². The predicted molar refractivity (Wildman–Crippen MR) is 81.8 cm³/mol. The Balaban J connectivity index is 1.82. The second-order valence-corrected chi connectivity index (χ2v) is 5.06. The molecule has 0 saturated heterocycles. The van der Waals surface area contributed by atoms with Crippen molar-refractivity contribution in [2.45, 2.75) is 13.5 Å². The van der Waals surface area contributed by atoms with Gasteiger partial charge in [0.05, 0.1) is 17.3 Å². The molecule has 3 aromatic rings. The Morgan fingerprint density at radius 2 is 1.79 bits per heavy atom. The lowest BCUT2D eigenvalue weighted by Gasteiger charge is -2.05. The molecule has 1 aromatic heterocycles. The first kappa shape index (κ1) is 12.1. The first-order valence-electron chi connectivity index (χ1n) is 6.29. The van der Waals surface area contributed by atoms with E-state index in [4.69, 9.17) is 11.6 Å². The van der Waals surface area contributed by atoms with Crippen molar-refractivity contribution in [2.24, 2.45) is 0 Å². The van der Waals surface area contributed by atoms with Gasteiger partial charge in [-0.15, -0.1) is 0 Å². The standard InChI is InChI=1S/C16H15ClN2/c1-11-6-8-12(9-7-11)18-10-15-16(17)13-4-2-3-5-14(13)19-15/h2-9,18-19H,10H2,1H3. The number of rotatable bonds is 3. The molecule has 0 aliphatic carbocycles. The van der Waals surface area contributed by atoms with Crippen LogP contribution in [-0.2, 0) is 6.54 Å². The van der Waals surface area contributed by atoms with Gasteiger partial charge < -0.3 is 10.3 Å². The molecule has 0 amide bonds. The van der Waals surface area contributed by atoms with Crippen LogP contribution in [0, 0.1) is 6.92 Å². The van der Waals surface area contributed by atoms with E-state index in [1.165, 1.54) is 5.56 Å². The number of H-pyrrole nitrogens is 1. The smallest absolute Gasteiger partial charge is 0.0710 e. The highest BCUT2D eigenvalue weighted by Gasteiger charge is 2.08. The fourth-order valence-electron chi connectivity index (χ4n) is 2.15. The average molecular weight is 271 g/mol. The molecule has 0 bridgehead atoms. The molecular weight excluding hydrogens is 256 g/mol. The van der Waals surface area contributed by atoms with E-state index < -0.39 is 0 Å². The van der Waals surface area contributed by atoms with Gasteiger partial charge in [0.25, 0.3) is 0 Å². The van der Waals surface area contributed by atoms with E-state index in [1.54, 1.807) is 0 Å². The summed E-state index contributed by atoms with van der Waals surface area (Å²) in [5.41, 5.74) is 4.45. The molecule has 0 aliphatic heterocycles. The van der Waals surface area contributed by atoms with Gasteiger partial charge in [-0.2, -0.15) is 0 Å². The number of fused-ring (bicyclic) bond motifs is 1. The average Bonchev–Trinajstić information content (AvgIpc) is 2.76. The van der Waals surface area contributed by atoms with E-state index in [-0.39, 0.29) is 0 Å². The number of aromatic nitrogens is 1. The number of para-hydroxylation sites is 1. The number of aromatic amines is 1. The lowest BCUT2D eigenvalue weighted by molar-refractivity contribution is 1.08. The Morgan fingerprint density at radius 1 is 1.05 bits per heavy atom. The zero-order chi connectivity index (χ0) is 13.2. The maximum Gasteiger partial charge on any atom is 0.0710 e. The van der Waals surface area contributed by atoms with E-state index >= 15 is 0 Å². The first-order valence-corrected chi connectivity index (χ1v) is 6.67. The fourth-order valence-corrected chi connectivity index (χ4v) is 2.43. The number of hydrogen-bond donors (Lipinski definition) is 2. The summed E-state index contributed by atoms with van der Waals surface area (Å²) >= 11 is 6.38. The van der Waals surface area contributed by atoms with Crippen LogP contribution in [0.15, 0.2) is 48.5 Å². The molecule has 3 rings (SSSR count). The van der Waals surface area contributed by atoms with Crippen LogP contribution in [0.4, 0.5) is 5.69 Å². The molecule has 2 aromatic carbocycles. The monoisotopic (exact) mass is 270 g/mol. The summed E-state index contributed by atoms with van der Waals surface area (Å²) in [6.07, 6.45) is 0. The molecule has 0 unspecified atom stereocenters. The highest BCUT2D eigenvalue weighted by molar-refractivity contribution is 6.36. The van der Waals surface area contributed by atoms with Crippen LogP contribution in [0.5, 0.6) is 0 Å². The predicted octanol–water partition coefficient (Wildman–Crippen LogP) is 4.74. The van der Waals surface area contributed by atoms with Gasteiger partial charge in [-0.05, 0) is 25.1 Å². The van der Waals surface area contributed by atoms with Crippen LogP contribution in [0.3, 0.4) is 0 Å². The third-order valence-electron chi connectivity index (χ3n) is 3.23. The third kappa shape index (κ3) is 2.45. The summed E-state index contributed by atoms with van der Waals surface area (Å²) in [4.78, 5) is 3.35. The van der Waals surface area contributed by atoms with E-state index in [0.29, 0.717) is 6.54 Å². The van der Waals surface area contributed by atoms with Gasteiger partial charge in [0.15, 0.2) is 0 Å². The van der Waals surface area contributed by atoms with Crippen molar-refractivity contribution >= 4 is 28.2 Å². The van der Waals surface area contributed by atoms with Gasteiger partial charge in [0.2, 0.25) is 0 Å². The van der Waals surface area contributed by atoms with Crippen LogP contribution >= 0.6 is 11.6 Å². The first-order chi connectivity index (χ1) is 9.24. The SMILES string of the molecule is Cc1ccc(NCc2[nH]c3ccccc3c2Cl)cc1. The molecule has 1 heterocycles. The van der Waals surface area contributed by atoms with E-state index in [0.717, 1.165) is 27.3 Å². The zero-order valence-corrected chi connectivity index (χ0v) is 11.5. The highest BCUT2D eigenvalue weighted by atomic mass is 35.5. The number of hydrogen-bond acceptors (Lipinski definition) is 1. The van der Waals surface area contributed by atoms with Gasteiger partial charge in [-0.3, -0.25) is 0 Å². The van der Waals surface area contributed by atoms with Crippen molar-refractivity contribution in [3.63, 3.8) is 0 Å². The molecule has 0 fully saturated rings. The van der Waals surface area contributed by atoms with Crippen LogP contribution in [0.25, 0.3) is 10.9 Å². The van der Waals surface area contributed by atoms with Crippen LogP contribution < -0.4 is 5.32 Å². The lowest BCUT2D eigenvalue weighted by Crippen LogP contribution is -1.99. The van der Waals surface area contributed by atoms with Crippen molar-refractivity contribution < 1.29 is 0 Å². The quantitative estimate of drug-likeness (QED) is 0.707. The zero-order valence-electron chi connectivity index (χ0n) is 10.7. The molecule has 0 spiro atoms. The Bertz CT molecular complexity index is 698. The molecule has 19 heavy (non-hydrogen) atoms. The van der Waals surface area contributed by atoms with Gasteiger partial charge in [0, 0.05) is 16.6 Å². The van der Waals surface area contributed by atoms with E-state index in [2.05, 4.69) is 41.5 Å². The van der Waals surface area contributed by atoms with Crippen LogP contribution in [0.2, 0.25) is 5.02 Å². The number of aryl methyl sites for hydroxylation is 1. The van der Waals surface area contributed by atoms with Gasteiger partial charge in [0.1, 0.15) is 0 Å². The molecule has 0 saturated carbocycles. The number of halogens is 1. The van der Waals surface area contributed by atoms with Crippen molar-refractivity contribution in [1.29, 1.82) is 0 Å². The van der Waals surface area contributed by atoms with Gasteiger partial charge in [-0.25, -0.2) is 0 Å². The normalized spacial score (nSPS) is 10.8. The van der Waals surface area contributed by atoms with E-state index in [9.17, 15) is 0 Å². The van der Waals surface area contributed by atoms with Crippen LogP contribution in [-0.4, -0.2) is 4.98 Å². The summed E-state index contributed by atoms with van der Waals surface area (Å²) in [5.74, 6) is 0. The number of benzene rings is 2. The van der Waals surface area contributed by atoms with Crippen molar-refractivity contribution in [1.82, 2.24) is 4.98 Å². The summed E-state index contributed by atoms with van der Waals surface area (Å²) in [6.45, 7) is 2.77.